The zero-order valence-electron chi connectivity index (χ0n) is 15.4. The standard InChI is InChI=1S/C19H25BrN2O3S/c1-13-14(2)22-17-5-4-15(20)10-16(17)18(13)21-11-19(12-26(3,23)24)6-8-25-9-7-19/h4-5,10H,6-9,11-12H2,1-3H3,(H,21,22). The lowest BCUT2D eigenvalue weighted by Crippen LogP contribution is -2.41. The van der Waals surface area contributed by atoms with Crippen molar-refractivity contribution in [2.75, 3.05) is 37.1 Å². The molecule has 1 aliphatic heterocycles. The van der Waals surface area contributed by atoms with Crippen molar-refractivity contribution < 1.29 is 13.2 Å². The van der Waals surface area contributed by atoms with Crippen LogP contribution in [0.2, 0.25) is 0 Å². The summed E-state index contributed by atoms with van der Waals surface area (Å²) in [5.41, 5.74) is 3.74. The number of hydrogen-bond donors (Lipinski definition) is 1. The maximum absolute atomic E-state index is 12.0. The fraction of sp³-hybridized carbons (Fsp3) is 0.526. The van der Waals surface area contributed by atoms with Crippen LogP contribution < -0.4 is 5.32 Å². The van der Waals surface area contributed by atoms with Crippen LogP contribution in [0, 0.1) is 19.3 Å². The van der Waals surface area contributed by atoms with Crippen LogP contribution in [0.3, 0.4) is 0 Å². The highest BCUT2D eigenvalue weighted by atomic mass is 79.9. The highest BCUT2D eigenvalue weighted by molar-refractivity contribution is 9.10. The maximum atomic E-state index is 12.0. The van der Waals surface area contributed by atoms with Crippen molar-refractivity contribution in [1.82, 2.24) is 4.98 Å². The molecule has 1 aromatic carbocycles. The Morgan fingerprint density at radius 2 is 1.96 bits per heavy atom. The first-order chi connectivity index (χ1) is 12.2. The number of nitrogens with one attached hydrogen (secondary N) is 1. The van der Waals surface area contributed by atoms with Gasteiger partial charge in [-0.3, -0.25) is 4.98 Å². The van der Waals surface area contributed by atoms with E-state index >= 15 is 0 Å². The number of aromatic nitrogens is 1. The summed E-state index contributed by atoms with van der Waals surface area (Å²) in [7, 11) is -3.07. The smallest absolute Gasteiger partial charge is 0.148 e. The summed E-state index contributed by atoms with van der Waals surface area (Å²) in [4.78, 5) is 4.67. The molecule has 0 amide bonds. The van der Waals surface area contributed by atoms with Crippen molar-refractivity contribution in [3.8, 4) is 0 Å². The molecule has 0 atom stereocenters. The zero-order chi connectivity index (χ0) is 18.9. The van der Waals surface area contributed by atoms with Gasteiger partial charge in [0.15, 0.2) is 0 Å². The van der Waals surface area contributed by atoms with Gasteiger partial charge in [0.05, 0.1) is 11.3 Å². The third-order valence-electron chi connectivity index (χ3n) is 5.20. The van der Waals surface area contributed by atoms with E-state index in [-0.39, 0.29) is 11.2 Å². The Balaban J connectivity index is 1.97. The predicted octanol–water partition coefficient (Wildman–Crippen LogP) is 3.87. The normalized spacial score (nSPS) is 17.4. The Hall–Kier alpha value is -1.18. The van der Waals surface area contributed by atoms with Crippen molar-refractivity contribution in [2.45, 2.75) is 26.7 Å². The zero-order valence-corrected chi connectivity index (χ0v) is 17.8. The highest BCUT2D eigenvalue weighted by Crippen LogP contribution is 2.35. The molecule has 26 heavy (non-hydrogen) atoms. The molecular formula is C19H25BrN2O3S. The van der Waals surface area contributed by atoms with Gasteiger partial charge in [0.25, 0.3) is 0 Å². The first-order valence-corrected chi connectivity index (χ1v) is 11.6. The number of benzene rings is 1. The molecule has 0 bridgehead atoms. The summed E-state index contributed by atoms with van der Waals surface area (Å²) in [6.45, 7) is 5.88. The quantitative estimate of drug-likeness (QED) is 0.763. The molecule has 2 aromatic rings. The lowest BCUT2D eigenvalue weighted by atomic mass is 9.82. The van der Waals surface area contributed by atoms with Crippen molar-refractivity contribution in [2.24, 2.45) is 5.41 Å². The van der Waals surface area contributed by atoms with E-state index in [1.165, 1.54) is 6.26 Å². The number of halogens is 1. The van der Waals surface area contributed by atoms with Crippen LogP contribution in [-0.4, -0.2) is 45.2 Å². The van der Waals surface area contributed by atoms with Gasteiger partial charge in [0, 0.05) is 52.7 Å². The monoisotopic (exact) mass is 440 g/mol. The summed E-state index contributed by atoms with van der Waals surface area (Å²) in [6, 6.07) is 6.04. The van der Waals surface area contributed by atoms with Crippen molar-refractivity contribution in [1.29, 1.82) is 0 Å². The molecule has 2 heterocycles. The largest absolute Gasteiger partial charge is 0.384 e. The van der Waals surface area contributed by atoms with Crippen LogP contribution in [0.5, 0.6) is 0 Å². The minimum Gasteiger partial charge on any atom is -0.384 e. The first kappa shape index (κ1) is 19.6. The second-order valence-corrected chi connectivity index (χ2v) is 10.5. The van der Waals surface area contributed by atoms with E-state index in [1.54, 1.807) is 0 Å². The fourth-order valence-electron chi connectivity index (χ4n) is 3.69. The highest BCUT2D eigenvalue weighted by Gasteiger charge is 2.36. The second kappa shape index (κ2) is 7.44. The molecular weight excluding hydrogens is 416 g/mol. The number of nitrogens with zero attached hydrogens (tertiary/aromatic N) is 1. The molecule has 1 aliphatic rings. The third-order valence-corrected chi connectivity index (χ3v) is 6.83. The first-order valence-electron chi connectivity index (χ1n) is 8.75. The Morgan fingerprint density at radius 3 is 2.62 bits per heavy atom. The number of sulfone groups is 1. The maximum Gasteiger partial charge on any atom is 0.148 e. The molecule has 1 N–H and O–H groups in total. The van der Waals surface area contributed by atoms with Gasteiger partial charge in [-0.1, -0.05) is 15.9 Å². The molecule has 1 fully saturated rings. The molecule has 0 unspecified atom stereocenters. The van der Waals surface area contributed by atoms with Gasteiger partial charge < -0.3 is 10.1 Å². The molecule has 1 aromatic heterocycles. The van der Waals surface area contributed by atoms with Crippen molar-refractivity contribution >= 4 is 42.4 Å². The summed E-state index contributed by atoms with van der Waals surface area (Å²) in [5.74, 6) is 0.182. The molecule has 0 saturated carbocycles. The topological polar surface area (TPSA) is 68.3 Å². The number of rotatable bonds is 5. The van der Waals surface area contributed by atoms with Crippen LogP contribution >= 0.6 is 15.9 Å². The summed E-state index contributed by atoms with van der Waals surface area (Å²) in [6.07, 6.45) is 2.81. The molecule has 0 spiro atoms. The van der Waals surface area contributed by atoms with Gasteiger partial charge >= 0.3 is 0 Å². The fourth-order valence-corrected chi connectivity index (χ4v) is 5.55. The average Bonchev–Trinajstić information content (AvgIpc) is 2.55. The Labute approximate surface area is 163 Å². The molecule has 7 heteroatoms. The Morgan fingerprint density at radius 1 is 1.27 bits per heavy atom. The van der Waals surface area contributed by atoms with Crippen molar-refractivity contribution in [3.05, 3.63) is 33.9 Å². The number of fused-ring (bicyclic) bond motifs is 1. The Bertz CT molecular complexity index is 922. The SMILES string of the molecule is Cc1nc2ccc(Br)cc2c(NCC2(CS(C)(=O)=O)CCOCC2)c1C. The second-order valence-electron chi connectivity index (χ2n) is 7.39. The number of pyridine rings is 1. The van der Waals surface area contributed by atoms with E-state index in [0.717, 1.165) is 45.2 Å². The molecule has 5 nitrogen and oxygen atoms in total. The molecule has 3 rings (SSSR count). The van der Waals surface area contributed by atoms with Gasteiger partial charge in [-0.25, -0.2) is 8.42 Å². The van der Waals surface area contributed by atoms with Gasteiger partial charge in [-0.2, -0.15) is 0 Å². The number of anilines is 1. The van der Waals surface area contributed by atoms with E-state index < -0.39 is 9.84 Å². The van der Waals surface area contributed by atoms with Gasteiger partial charge in [0.2, 0.25) is 0 Å². The molecule has 1 saturated heterocycles. The van der Waals surface area contributed by atoms with E-state index in [9.17, 15) is 8.42 Å². The van der Waals surface area contributed by atoms with Gasteiger partial charge in [-0.05, 0) is 50.5 Å². The lowest BCUT2D eigenvalue weighted by molar-refractivity contribution is 0.0315. The van der Waals surface area contributed by atoms with E-state index in [4.69, 9.17) is 4.74 Å². The van der Waals surface area contributed by atoms with Crippen LogP contribution in [0.25, 0.3) is 10.9 Å². The summed E-state index contributed by atoms with van der Waals surface area (Å²) >= 11 is 3.54. The molecule has 0 aliphatic carbocycles. The van der Waals surface area contributed by atoms with Crippen LogP contribution in [0.4, 0.5) is 5.69 Å². The minimum atomic E-state index is -3.07. The number of ether oxygens (including phenoxy) is 1. The van der Waals surface area contributed by atoms with E-state index in [2.05, 4.69) is 39.2 Å². The summed E-state index contributed by atoms with van der Waals surface area (Å²) in [5, 5.41) is 4.62. The van der Waals surface area contributed by atoms with E-state index in [1.807, 2.05) is 19.1 Å². The van der Waals surface area contributed by atoms with Crippen LogP contribution in [0.15, 0.2) is 22.7 Å². The van der Waals surface area contributed by atoms with Crippen LogP contribution in [-0.2, 0) is 14.6 Å². The van der Waals surface area contributed by atoms with Crippen molar-refractivity contribution in [3.63, 3.8) is 0 Å². The Kier molecular flexibility index (Phi) is 5.61. The summed E-state index contributed by atoms with van der Waals surface area (Å²) < 4.78 is 30.5. The van der Waals surface area contributed by atoms with Crippen LogP contribution in [0.1, 0.15) is 24.1 Å². The van der Waals surface area contributed by atoms with Gasteiger partial charge in [-0.15, -0.1) is 0 Å². The third kappa shape index (κ3) is 4.38. The number of aryl methyl sites for hydroxylation is 1. The average molecular weight is 441 g/mol. The molecule has 142 valence electrons. The minimum absolute atomic E-state index is 0.182. The van der Waals surface area contributed by atoms with E-state index in [0.29, 0.717) is 19.8 Å². The molecule has 0 radical (unpaired) electrons. The van der Waals surface area contributed by atoms with Gasteiger partial charge in [0.1, 0.15) is 9.84 Å². The predicted molar refractivity (Wildman–Crippen MR) is 110 cm³/mol. The number of hydrogen-bond acceptors (Lipinski definition) is 5. The lowest BCUT2D eigenvalue weighted by Gasteiger charge is -2.37.